The molecule has 0 fully saturated rings. The van der Waals surface area contributed by atoms with Crippen LogP contribution >= 0.6 is 0 Å². The largest absolute Gasteiger partial charge is 0.381 e. The lowest BCUT2D eigenvalue weighted by molar-refractivity contribution is 0.112. The third-order valence-electron chi connectivity index (χ3n) is 2.90. The molecule has 0 amide bonds. The van der Waals surface area contributed by atoms with Crippen LogP contribution in [-0.4, -0.2) is 27.3 Å². The summed E-state index contributed by atoms with van der Waals surface area (Å²) in [4.78, 5) is 10.9. The maximum atomic E-state index is 10.9. The van der Waals surface area contributed by atoms with E-state index in [-0.39, 0.29) is 0 Å². The van der Waals surface area contributed by atoms with Crippen LogP contribution in [0.3, 0.4) is 0 Å². The minimum absolute atomic E-state index is 0.503. The van der Waals surface area contributed by atoms with Crippen molar-refractivity contribution in [3.05, 3.63) is 52.5 Å². The molecular formula is C16H20BO2. The first-order chi connectivity index (χ1) is 8.99. The number of benzene rings is 1. The van der Waals surface area contributed by atoms with E-state index < -0.39 is 0 Å². The fraction of sp³-hybridized carbons (Fsp3) is 0.312. The van der Waals surface area contributed by atoms with Crippen molar-refractivity contribution in [2.45, 2.75) is 20.8 Å². The third-order valence-corrected chi connectivity index (χ3v) is 2.90. The molecule has 0 spiro atoms. The summed E-state index contributed by atoms with van der Waals surface area (Å²) in [5, 5.41) is 0. The zero-order valence-corrected chi connectivity index (χ0v) is 12.1. The predicted molar refractivity (Wildman–Crippen MR) is 81.6 cm³/mol. The Morgan fingerprint density at radius 2 is 2.11 bits per heavy atom. The Bertz CT molecular complexity index is 511. The van der Waals surface area contributed by atoms with Crippen molar-refractivity contribution in [1.29, 1.82) is 0 Å². The van der Waals surface area contributed by atoms with Crippen molar-refractivity contribution in [3.8, 4) is 0 Å². The molecule has 0 aliphatic heterocycles. The van der Waals surface area contributed by atoms with Crippen LogP contribution < -0.4 is 0 Å². The Morgan fingerprint density at radius 1 is 1.42 bits per heavy atom. The molecule has 0 saturated carbocycles. The van der Waals surface area contributed by atoms with Crippen LogP contribution in [0.5, 0.6) is 0 Å². The van der Waals surface area contributed by atoms with Crippen molar-refractivity contribution < 1.29 is 9.53 Å². The van der Waals surface area contributed by atoms with Crippen LogP contribution in [0.15, 0.2) is 35.8 Å². The molecule has 3 heteroatoms. The maximum Gasteiger partial charge on any atom is 0.188 e. The van der Waals surface area contributed by atoms with E-state index in [1.807, 2.05) is 32.4 Å². The summed E-state index contributed by atoms with van der Waals surface area (Å²) >= 11 is 0. The molecule has 0 bridgehead atoms. The molecule has 0 atom stereocenters. The molecule has 0 aliphatic carbocycles. The number of carbonyl (C=O) groups excluding carboxylic acids is 1. The number of ether oxygens (including phenoxy) is 1. The molecule has 0 N–H and O–H groups in total. The Labute approximate surface area is 116 Å². The van der Waals surface area contributed by atoms with Crippen LogP contribution in [0.1, 0.15) is 35.3 Å². The highest BCUT2D eigenvalue weighted by Crippen LogP contribution is 2.23. The molecule has 1 aromatic carbocycles. The number of methoxy groups -OCH3 is 1. The van der Waals surface area contributed by atoms with Gasteiger partial charge in [0.25, 0.3) is 0 Å². The molecule has 0 unspecified atom stereocenters. The minimum Gasteiger partial charge on any atom is -0.381 e. The van der Waals surface area contributed by atoms with Crippen molar-refractivity contribution in [3.63, 3.8) is 0 Å². The van der Waals surface area contributed by atoms with Gasteiger partial charge in [0.2, 0.25) is 0 Å². The van der Waals surface area contributed by atoms with Gasteiger partial charge in [0.1, 0.15) is 6.29 Å². The Morgan fingerprint density at radius 3 is 2.63 bits per heavy atom. The van der Waals surface area contributed by atoms with Crippen molar-refractivity contribution in [1.82, 2.24) is 0 Å². The monoisotopic (exact) mass is 255 g/mol. The summed E-state index contributed by atoms with van der Waals surface area (Å²) in [5.74, 6) is 0. The molecule has 19 heavy (non-hydrogen) atoms. The van der Waals surface area contributed by atoms with Gasteiger partial charge in [0.05, 0.1) is 6.61 Å². The molecule has 0 aliphatic rings. The number of hydrogen-bond acceptors (Lipinski definition) is 2. The van der Waals surface area contributed by atoms with E-state index in [4.69, 9.17) is 4.74 Å². The number of allylic oxidation sites excluding steroid dienone is 1. The first-order valence-corrected chi connectivity index (χ1v) is 6.24. The van der Waals surface area contributed by atoms with Gasteiger partial charge in [-0.05, 0) is 38.0 Å². The quantitative estimate of drug-likeness (QED) is 0.575. The van der Waals surface area contributed by atoms with Gasteiger partial charge in [0.15, 0.2) is 7.28 Å². The molecule has 2 nitrogen and oxygen atoms in total. The van der Waals surface area contributed by atoms with E-state index in [0.29, 0.717) is 12.2 Å². The lowest BCUT2D eigenvalue weighted by Crippen LogP contribution is -2.08. The molecule has 99 valence electrons. The van der Waals surface area contributed by atoms with E-state index in [1.54, 1.807) is 7.11 Å². The molecule has 1 rings (SSSR count). The third kappa shape index (κ3) is 4.21. The van der Waals surface area contributed by atoms with Gasteiger partial charge in [-0.2, -0.15) is 0 Å². The smallest absolute Gasteiger partial charge is 0.188 e. The van der Waals surface area contributed by atoms with Crippen LogP contribution in [0.4, 0.5) is 0 Å². The Kier molecular flexibility index (Phi) is 5.77. The minimum atomic E-state index is 0.503. The lowest BCUT2D eigenvalue weighted by Gasteiger charge is -2.14. The van der Waals surface area contributed by atoms with Gasteiger partial charge in [-0.1, -0.05) is 28.7 Å². The highest BCUT2D eigenvalue weighted by molar-refractivity contribution is 6.67. The second-order valence-electron chi connectivity index (χ2n) is 4.84. The Balaban J connectivity index is 3.17. The standard InChI is InChI=1S/C16H20BO2/c1-11(2)16(17-13(4)10-19-5)15-8-14(9-18)7-6-12(15)3/h6-9H,4,10H2,1-3,5H3. The van der Waals surface area contributed by atoms with Crippen LogP contribution in [0, 0.1) is 6.92 Å². The van der Waals surface area contributed by atoms with E-state index in [0.717, 1.165) is 28.4 Å². The lowest BCUT2D eigenvalue weighted by atomic mass is 9.59. The summed E-state index contributed by atoms with van der Waals surface area (Å²) in [6, 6.07) is 5.72. The first-order valence-electron chi connectivity index (χ1n) is 6.24. The molecule has 1 aromatic rings. The summed E-state index contributed by atoms with van der Waals surface area (Å²) < 4.78 is 5.09. The maximum absolute atomic E-state index is 10.9. The van der Waals surface area contributed by atoms with Gasteiger partial charge < -0.3 is 4.74 Å². The molecule has 0 heterocycles. The average molecular weight is 255 g/mol. The summed E-state index contributed by atoms with van der Waals surface area (Å²) in [6.45, 7) is 10.6. The average Bonchev–Trinajstić information content (AvgIpc) is 2.37. The summed E-state index contributed by atoms with van der Waals surface area (Å²) in [6.07, 6.45) is 0.871. The van der Waals surface area contributed by atoms with Crippen molar-refractivity contribution in [2.24, 2.45) is 0 Å². The number of carbonyl (C=O) groups is 1. The fourth-order valence-corrected chi connectivity index (χ4v) is 1.93. The molecule has 0 saturated heterocycles. The fourth-order valence-electron chi connectivity index (χ4n) is 1.93. The van der Waals surface area contributed by atoms with Crippen molar-refractivity contribution >= 4 is 19.0 Å². The van der Waals surface area contributed by atoms with Gasteiger partial charge in [-0.3, -0.25) is 4.79 Å². The van der Waals surface area contributed by atoms with Gasteiger partial charge in [-0.25, -0.2) is 0 Å². The normalized spacial score (nSPS) is 9.89. The molecule has 0 aromatic heterocycles. The zero-order valence-electron chi connectivity index (χ0n) is 12.1. The van der Waals surface area contributed by atoms with E-state index >= 15 is 0 Å². The second-order valence-corrected chi connectivity index (χ2v) is 4.84. The van der Waals surface area contributed by atoms with Gasteiger partial charge in [-0.15, -0.1) is 6.58 Å². The topological polar surface area (TPSA) is 26.3 Å². The van der Waals surface area contributed by atoms with E-state index in [2.05, 4.69) is 20.4 Å². The zero-order chi connectivity index (χ0) is 14.4. The summed E-state index contributed by atoms with van der Waals surface area (Å²) in [7, 11) is 3.68. The summed E-state index contributed by atoms with van der Waals surface area (Å²) in [5.41, 5.74) is 6.09. The first kappa shape index (κ1) is 15.5. The molecular weight excluding hydrogens is 235 g/mol. The van der Waals surface area contributed by atoms with Gasteiger partial charge >= 0.3 is 0 Å². The van der Waals surface area contributed by atoms with Crippen LogP contribution in [0.2, 0.25) is 0 Å². The SMILES string of the molecule is C=C([B]C(=C(C)C)c1cc(C=O)ccc1C)COC. The Hall–Kier alpha value is -1.61. The van der Waals surface area contributed by atoms with E-state index in [9.17, 15) is 4.79 Å². The number of hydrogen-bond donors (Lipinski definition) is 0. The van der Waals surface area contributed by atoms with Crippen molar-refractivity contribution in [2.75, 3.05) is 13.7 Å². The highest BCUT2D eigenvalue weighted by Gasteiger charge is 2.11. The van der Waals surface area contributed by atoms with Gasteiger partial charge in [0, 0.05) is 12.7 Å². The highest BCUT2D eigenvalue weighted by atomic mass is 16.5. The number of aldehydes is 1. The predicted octanol–water partition coefficient (Wildman–Crippen LogP) is 3.42. The number of aryl methyl sites for hydroxylation is 1. The van der Waals surface area contributed by atoms with Crippen LogP contribution in [0.25, 0.3) is 5.47 Å². The van der Waals surface area contributed by atoms with Crippen LogP contribution in [-0.2, 0) is 4.74 Å². The molecule has 1 radical (unpaired) electrons. The second kappa shape index (κ2) is 7.10. The van der Waals surface area contributed by atoms with E-state index in [1.165, 1.54) is 5.57 Å². The number of rotatable bonds is 6.